The molecule has 1 saturated heterocycles. The Kier molecular flexibility index (Phi) is 5.00. The number of nitro groups is 1. The molecule has 3 N–H and O–H groups in total. The van der Waals surface area contributed by atoms with Gasteiger partial charge in [-0.3, -0.25) is 16.0 Å². The number of hydrazine groups is 1. The molecule has 6 nitrogen and oxygen atoms in total. The van der Waals surface area contributed by atoms with E-state index in [1.165, 1.54) is 6.07 Å². The van der Waals surface area contributed by atoms with Crippen LogP contribution in [0.5, 0.6) is 0 Å². The van der Waals surface area contributed by atoms with E-state index in [1.54, 1.807) is 12.1 Å². The van der Waals surface area contributed by atoms with Gasteiger partial charge < -0.3 is 10.2 Å². The molecule has 0 amide bonds. The fourth-order valence-corrected chi connectivity index (χ4v) is 3.14. The summed E-state index contributed by atoms with van der Waals surface area (Å²) in [6.07, 6.45) is 2.14. The smallest absolute Gasteiger partial charge is 0.293 e. The maximum absolute atomic E-state index is 10.8. The molecular weight excluding hydrogens is 266 g/mol. The van der Waals surface area contributed by atoms with Gasteiger partial charge in [-0.2, -0.15) is 11.8 Å². The van der Waals surface area contributed by atoms with Crippen molar-refractivity contribution in [1.82, 2.24) is 0 Å². The van der Waals surface area contributed by atoms with E-state index in [9.17, 15) is 10.1 Å². The van der Waals surface area contributed by atoms with Gasteiger partial charge in [-0.05, 0) is 24.5 Å². The third-order valence-electron chi connectivity index (χ3n) is 3.07. The monoisotopic (exact) mass is 283 g/mol. The number of thioether (sulfide) groups is 1. The quantitative estimate of drug-likeness (QED) is 0.489. The number of rotatable bonds is 5. The largest absolute Gasteiger partial charge is 0.381 e. The summed E-state index contributed by atoms with van der Waals surface area (Å²) < 4.78 is 5.32. The van der Waals surface area contributed by atoms with Gasteiger partial charge in [0.2, 0.25) is 0 Å². The van der Waals surface area contributed by atoms with Gasteiger partial charge in [0.25, 0.3) is 5.69 Å². The van der Waals surface area contributed by atoms with Crippen molar-refractivity contribution in [2.24, 2.45) is 5.84 Å². The molecule has 19 heavy (non-hydrogen) atoms. The topological polar surface area (TPSA) is 90.4 Å². The van der Waals surface area contributed by atoms with Crippen LogP contribution in [0.3, 0.4) is 0 Å². The third-order valence-corrected chi connectivity index (χ3v) is 4.51. The predicted molar refractivity (Wildman–Crippen MR) is 76.0 cm³/mol. The average molecular weight is 283 g/mol. The van der Waals surface area contributed by atoms with Gasteiger partial charge >= 0.3 is 0 Å². The summed E-state index contributed by atoms with van der Waals surface area (Å²) in [6.45, 7) is 1.65. The number of benzene rings is 1. The summed E-state index contributed by atoms with van der Waals surface area (Å²) in [5.41, 5.74) is 3.78. The fraction of sp³-hybridized carbons (Fsp3) is 0.500. The van der Waals surface area contributed by atoms with Crippen molar-refractivity contribution in [3.63, 3.8) is 0 Å². The van der Waals surface area contributed by atoms with Crippen LogP contribution in [-0.2, 0) is 10.5 Å². The molecule has 0 aliphatic carbocycles. The number of nitrogens with zero attached hydrogens (tertiary/aromatic N) is 1. The van der Waals surface area contributed by atoms with Crippen molar-refractivity contribution in [2.75, 3.05) is 18.6 Å². The number of nitrogens with two attached hydrogens (primary N) is 1. The molecule has 1 aliphatic heterocycles. The first kappa shape index (κ1) is 14.1. The molecule has 0 unspecified atom stereocenters. The standard InChI is InChI=1S/C12H17N3O3S/c13-14-11-7-9(1-2-12(11)15(16)17)8-19-10-3-5-18-6-4-10/h1-2,7,10,14H,3-6,8,13H2. The Morgan fingerprint density at radius 1 is 1.47 bits per heavy atom. The Labute approximate surface area is 115 Å². The van der Waals surface area contributed by atoms with Gasteiger partial charge in [0.1, 0.15) is 5.69 Å². The van der Waals surface area contributed by atoms with Gasteiger partial charge in [-0.1, -0.05) is 6.07 Å². The van der Waals surface area contributed by atoms with Gasteiger partial charge in [0.05, 0.1) is 4.92 Å². The van der Waals surface area contributed by atoms with E-state index >= 15 is 0 Å². The highest BCUT2D eigenvalue weighted by atomic mass is 32.2. The lowest BCUT2D eigenvalue weighted by atomic mass is 10.2. The highest BCUT2D eigenvalue weighted by Crippen LogP contribution is 2.29. The lowest BCUT2D eigenvalue weighted by molar-refractivity contribution is -0.384. The van der Waals surface area contributed by atoms with Crippen LogP contribution in [0, 0.1) is 10.1 Å². The van der Waals surface area contributed by atoms with Crippen molar-refractivity contribution < 1.29 is 9.66 Å². The SMILES string of the molecule is NNc1cc(CSC2CCOCC2)ccc1[N+](=O)[O-]. The third kappa shape index (κ3) is 3.82. The van der Waals surface area contributed by atoms with Crippen LogP contribution >= 0.6 is 11.8 Å². The van der Waals surface area contributed by atoms with Crippen LogP contribution in [0.1, 0.15) is 18.4 Å². The molecular formula is C12H17N3O3S. The van der Waals surface area contributed by atoms with Crippen LogP contribution < -0.4 is 11.3 Å². The van der Waals surface area contributed by atoms with E-state index in [1.807, 2.05) is 11.8 Å². The number of anilines is 1. The van der Waals surface area contributed by atoms with Crippen LogP contribution in [0.25, 0.3) is 0 Å². The second-order valence-electron chi connectivity index (χ2n) is 4.38. The Hall–Kier alpha value is -1.31. The number of hydrogen-bond acceptors (Lipinski definition) is 6. The first-order valence-electron chi connectivity index (χ1n) is 6.14. The van der Waals surface area contributed by atoms with Crippen LogP contribution in [-0.4, -0.2) is 23.4 Å². The molecule has 1 heterocycles. The highest BCUT2D eigenvalue weighted by molar-refractivity contribution is 7.99. The van der Waals surface area contributed by atoms with Gasteiger partial charge in [-0.15, -0.1) is 0 Å². The Bertz CT molecular complexity index is 450. The van der Waals surface area contributed by atoms with E-state index in [0.717, 1.165) is 37.4 Å². The second-order valence-corrected chi connectivity index (χ2v) is 5.66. The lowest BCUT2D eigenvalue weighted by Gasteiger charge is -2.21. The van der Waals surface area contributed by atoms with Gasteiger partial charge in [0.15, 0.2) is 0 Å². The zero-order valence-corrected chi connectivity index (χ0v) is 11.3. The van der Waals surface area contributed by atoms with E-state index < -0.39 is 4.92 Å². The minimum Gasteiger partial charge on any atom is -0.381 e. The second kappa shape index (κ2) is 6.74. The molecule has 0 radical (unpaired) electrons. The first-order valence-corrected chi connectivity index (χ1v) is 7.19. The first-order chi connectivity index (χ1) is 9.20. The molecule has 0 bridgehead atoms. The predicted octanol–water partition coefficient (Wildman–Crippen LogP) is 2.29. The summed E-state index contributed by atoms with van der Waals surface area (Å²) in [4.78, 5) is 10.3. The minimum absolute atomic E-state index is 0.00214. The Morgan fingerprint density at radius 2 is 2.21 bits per heavy atom. The normalized spacial score (nSPS) is 16.3. The molecule has 1 aromatic rings. The summed E-state index contributed by atoms with van der Waals surface area (Å²) in [5, 5.41) is 11.4. The van der Waals surface area contributed by atoms with Gasteiger partial charge in [0, 0.05) is 30.3 Å². The van der Waals surface area contributed by atoms with Crippen molar-refractivity contribution in [3.05, 3.63) is 33.9 Å². The van der Waals surface area contributed by atoms with Crippen LogP contribution in [0.4, 0.5) is 11.4 Å². The molecule has 2 rings (SSSR count). The van der Waals surface area contributed by atoms with E-state index in [-0.39, 0.29) is 5.69 Å². The molecule has 0 saturated carbocycles. The summed E-state index contributed by atoms with van der Waals surface area (Å²) >= 11 is 1.87. The van der Waals surface area contributed by atoms with E-state index in [0.29, 0.717) is 10.9 Å². The zero-order valence-electron chi connectivity index (χ0n) is 10.5. The zero-order chi connectivity index (χ0) is 13.7. The van der Waals surface area contributed by atoms with Crippen molar-refractivity contribution in [2.45, 2.75) is 23.8 Å². The average Bonchev–Trinajstić information content (AvgIpc) is 2.45. The molecule has 104 valence electrons. The van der Waals surface area contributed by atoms with Crippen LogP contribution in [0.15, 0.2) is 18.2 Å². The molecule has 1 aliphatic rings. The molecule has 0 aromatic heterocycles. The summed E-state index contributed by atoms with van der Waals surface area (Å²) in [5.74, 6) is 6.15. The van der Waals surface area contributed by atoms with E-state index in [2.05, 4.69) is 5.43 Å². The lowest BCUT2D eigenvalue weighted by Crippen LogP contribution is -2.17. The summed E-state index contributed by atoms with van der Waals surface area (Å²) in [7, 11) is 0. The fourth-order valence-electron chi connectivity index (χ4n) is 2.00. The maximum atomic E-state index is 10.8. The number of nitrogen functional groups attached to an aromatic ring is 1. The highest BCUT2D eigenvalue weighted by Gasteiger charge is 2.16. The number of nitrogens with one attached hydrogen (secondary N) is 1. The van der Waals surface area contributed by atoms with Crippen molar-refractivity contribution in [1.29, 1.82) is 0 Å². The van der Waals surface area contributed by atoms with Gasteiger partial charge in [-0.25, -0.2) is 0 Å². The Balaban J connectivity index is 1.98. The maximum Gasteiger partial charge on any atom is 0.293 e. The van der Waals surface area contributed by atoms with Crippen molar-refractivity contribution in [3.8, 4) is 0 Å². The molecule has 7 heteroatoms. The number of nitro benzene ring substituents is 1. The number of hydrogen-bond donors (Lipinski definition) is 2. The molecule has 1 fully saturated rings. The van der Waals surface area contributed by atoms with Crippen LogP contribution in [0.2, 0.25) is 0 Å². The molecule has 0 spiro atoms. The Morgan fingerprint density at radius 3 is 2.84 bits per heavy atom. The van der Waals surface area contributed by atoms with E-state index in [4.69, 9.17) is 10.6 Å². The number of ether oxygens (including phenoxy) is 1. The summed E-state index contributed by atoms with van der Waals surface area (Å²) in [6, 6.07) is 5.02. The van der Waals surface area contributed by atoms with Crippen molar-refractivity contribution >= 4 is 23.1 Å². The molecule has 1 aromatic carbocycles. The minimum atomic E-state index is -0.440. The molecule has 0 atom stereocenters.